The summed E-state index contributed by atoms with van der Waals surface area (Å²) in [6.07, 6.45) is 6.19. The fraction of sp³-hybridized carbons (Fsp3) is 0.852. The van der Waals surface area contributed by atoms with Gasteiger partial charge in [0.15, 0.2) is 13.2 Å². The third-order valence-corrected chi connectivity index (χ3v) is 11.2. The molecule has 8 fully saturated rings. The number of alkyl halides is 2. The van der Waals surface area contributed by atoms with E-state index in [2.05, 4.69) is 4.74 Å². The van der Waals surface area contributed by atoms with E-state index in [0.29, 0.717) is 63.2 Å². The summed E-state index contributed by atoms with van der Waals surface area (Å²) in [6, 6.07) is 0. The Labute approximate surface area is 240 Å². The number of hydrogen-bond acceptors (Lipinski definition) is 11. The number of esters is 4. The molecule has 0 radical (unpaired) electrons. The van der Waals surface area contributed by atoms with Crippen LogP contribution in [-0.2, 0) is 48.2 Å². The molecule has 12 nitrogen and oxygen atoms in total. The molecule has 4 unspecified atom stereocenters. The van der Waals surface area contributed by atoms with Gasteiger partial charge in [-0.1, -0.05) is 0 Å². The lowest BCUT2D eigenvalue weighted by atomic mass is 9.48. The number of carbonyl (C=O) groups excluding carboxylic acids is 4. The summed E-state index contributed by atoms with van der Waals surface area (Å²) in [6.45, 7) is -1.81. The molecule has 15 heteroatoms. The van der Waals surface area contributed by atoms with Crippen LogP contribution in [0.1, 0.15) is 70.6 Å². The molecule has 0 aromatic heterocycles. The Morgan fingerprint density at radius 2 is 1.40 bits per heavy atom. The number of hydrogen-bond donors (Lipinski definition) is 2. The van der Waals surface area contributed by atoms with Crippen molar-refractivity contribution in [2.24, 2.45) is 35.0 Å². The monoisotopic (exact) mass is 620 g/mol. The molecule has 8 rings (SSSR count). The third kappa shape index (κ3) is 5.18. The maximum Gasteiger partial charge on any atom is 0.465 e. The molecule has 0 aromatic carbocycles. The standard InChI is InChI=1S/C27H34F2O12S/c28-27(29,42(35,36)37)23(33)39-11-19(30)40-21-17-2-14-3-18(21)10-24(4-14,9-17)22(32)38-12-20(31)41-26-7-15-1-16(8-26)6-25(34,5-15)13-26/h14-18,21,34H,1-13H2,(H,35,36,37). The van der Waals surface area contributed by atoms with Crippen molar-refractivity contribution in [3.8, 4) is 0 Å². The van der Waals surface area contributed by atoms with E-state index in [-0.39, 0.29) is 17.8 Å². The molecule has 0 aromatic rings. The number of rotatable bonds is 9. The van der Waals surface area contributed by atoms with Crippen LogP contribution in [0.15, 0.2) is 0 Å². The first-order chi connectivity index (χ1) is 19.5. The summed E-state index contributed by atoms with van der Waals surface area (Å²) in [5.74, 6) is -4.61. The fourth-order valence-electron chi connectivity index (χ4n) is 9.72. The van der Waals surface area contributed by atoms with E-state index in [1.54, 1.807) is 0 Å². The van der Waals surface area contributed by atoms with Crippen LogP contribution in [0.3, 0.4) is 0 Å². The Morgan fingerprint density at radius 1 is 0.810 bits per heavy atom. The first-order valence-electron chi connectivity index (χ1n) is 14.3. The van der Waals surface area contributed by atoms with Gasteiger partial charge in [0.1, 0.15) is 11.7 Å². The number of aliphatic hydroxyl groups is 1. The highest BCUT2D eigenvalue weighted by Gasteiger charge is 2.62. The molecule has 4 atom stereocenters. The number of ether oxygens (including phenoxy) is 4. The van der Waals surface area contributed by atoms with E-state index < -0.39 is 75.2 Å². The first kappa shape index (κ1) is 29.7. The van der Waals surface area contributed by atoms with Crippen LogP contribution in [0.4, 0.5) is 8.78 Å². The highest BCUT2D eigenvalue weighted by molar-refractivity contribution is 7.87. The molecule has 0 heterocycles. The van der Waals surface area contributed by atoms with Crippen molar-refractivity contribution in [3.05, 3.63) is 0 Å². The largest absolute Gasteiger partial charge is 0.465 e. The summed E-state index contributed by atoms with van der Waals surface area (Å²) in [5.41, 5.74) is -2.37. The lowest BCUT2D eigenvalue weighted by molar-refractivity contribution is -0.224. The van der Waals surface area contributed by atoms with Gasteiger partial charge in [0.2, 0.25) is 0 Å². The van der Waals surface area contributed by atoms with Crippen LogP contribution in [-0.4, -0.2) is 77.7 Å². The predicted molar refractivity (Wildman–Crippen MR) is 133 cm³/mol. The lowest BCUT2D eigenvalue weighted by Crippen LogP contribution is -2.60. The highest BCUT2D eigenvalue weighted by Crippen LogP contribution is 2.61. The van der Waals surface area contributed by atoms with Gasteiger partial charge < -0.3 is 24.1 Å². The van der Waals surface area contributed by atoms with Crippen LogP contribution < -0.4 is 0 Å². The van der Waals surface area contributed by atoms with Crippen LogP contribution >= 0.6 is 0 Å². The van der Waals surface area contributed by atoms with Gasteiger partial charge >= 0.3 is 39.2 Å². The second kappa shape index (κ2) is 9.81. The van der Waals surface area contributed by atoms with Gasteiger partial charge in [-0.2, -0.15) is 17.2 Å². The maximum atomic E-state index is 13.4. The van der Waals surface area contributed by atoms with Crippen molar-refractivity contribution in [3.63, 3.8) is 0 Å². The van der Waals surface area contributed by atoms with Crippen LogP contribution in [0.25, 0.3) is 0 Å². The smallest absolute Gasteiger partial charge is 0.459 e. The minimum Gasteiger partial charge on any atom is -0.459 e. The van der Waals surface area contributed by atoms with Gasteiger partial charge in [0.25, 0.3) is 0 Å². The third-order valence-electron chi connectivity index (χ3n) is 10.4. The lowest BCUT2D eigenvalue weighted by Gasteiger charge is -2.59. The number of halogens is 2. The van der Waals surface area contributed by atoms with Crippen molar-refractivity contribution < 1.29 is 65.0 Å². The second-order valence-corrected chi connectivity index (χ2v) is 15.2. The van der Waals surface area contributed by atoms with E-state index in [1.165, 1.54) is 0 Å². The summed E-state index contributed by atoms with van der Waals surface area (Å²) in [7, 11) is -6.07. The zero-order chi connectivity index (χ0) is 30.3. The molecule has 8 aliphatic rings. The van der Waals surface area contributed by atoms with Crippen molar-refractivity contribution in [1.29, 1.82) is 0 Å². The van der Waals surface area contributed by atoms with E-state index in [0.717, 1.165) is 19.3 Å². The number of carbonyl (C=O) groups is 4. The highest BCUT2D eigenvalue weighted by atomic mass is 32.2. The maximum absolute atomic E-state index is 13.4. The molecule has 0 aliphatic heterocycles. The summed E-state index contributed by atoms with van der Waals surface area (Å²) in [5, 5.41) is 5.66. The minimum atomic E-state index is -6.07. The Balaban J connectivity index is 1.01. The minimum absolute atomic E-state index is 0.163. The molecular weight excluding hydrogens is 586 g/mol. The van der Waals surface area contributed by atoms with Crippen molar-refractivity contribution >= 4 is 34.0 Å². The van der Waals surface area contributed by atoms with Crippen molar-refractivity contribution in [2.75, 3.05) is 13.2 Å². The van der Waals surface area contributed by atoms with Gasteiger partial charge in [0.05, 0.1) is 11.0 Å². The predicted octanol–water partition coefficient (Wildman–Crippen LogP) is 1.92. The van der Waals surface area contributed by atoms with Crippen LogP contribution in [0.2, 0.25) is 0 Å². The van der Waals surface area contributed by atoms with E-state index in [9.17, 15) is 41.5 Å². The molecule has 8 bridgehead atoms. The molecular formula is C27H34F2O12S. The molecule has 0 saturated heterocycles. The molecule has 42 heavy (non-hydrogen) atoms. The van der Waals surface area contributed by atoms with Crippen molar-refractivity contribution in [2.45, 2.75) is 93.2 Å². The molecule has 8 saturated carbocycles. The Morgan fingerprint density at radius 3 is 1.98 bits per heavy atom. The summed E-state index contributed by atoms with van der Waals surface area (Å²) >= 11 is 0. The van der Waals surface area contributed by atoms with Gasteiger partial charge in [0, 0.05) is 6.42 Å². The topological polar surface area (TPSA) is 180 Å². The molecule has 2 N–H and O–H groups in total. The van der Waals surface area contributed by atoms with Crippen LogP contribution in [0, 0.1) is 35.0 Å². The van der Waals surface area contributed by atoms with Crippen LogP contribution in [0.5, 0.6) is 0 Å². The Bertz CT molecular complexity index is 1270. The molecule has 0 amide bonds. The Hall–Kier alpha value is -2.39. The second-order valence-electron chi connectivity index (χ2n) is 13.7. The quantitative estimate of drug-likeness (QED) is 0.218. The van der Waals surface area contributed by atoms with E-state index >= 15 is 0 Å². The first-order valence-corrected chi connectivity index (χ1v) is 15.8. The average molecular weight is 621 g/mol. The van der Waals surface area contributed by atoms with Crippen molar-refractivity contribution in [1.82, 2.24) is 0 Å². The SMILES string of the molecule is O=C(COC(=O)C(F)(F)S(=O)(=O)O)OC1C2CC3CC1CC(C(=O)OCC(=O)OC14CC5CC(CC(O)(C5)C1)C4)(C3)C2. The zero-order valence-electron chi connectivity index (χ0n) is 22.8. The summed E-state index contributed by atoms with van der Waals surface area (Å²) in [4.78, 5) is 49.7. The fourth-order valence-corrected chi connectivity index (χ4v) is 9.99. The molecule has 8 aliphatic carbocycles. The van der Waals surface area contributed by atoms with Gasteiger partial charge in [-0.25, -0.2) is 14.4 Å². The van der Waals surface area contributed by atoms with E-state index in [4.69, 9.17) is 18.8 Å². The zero-order valence-corrected chi connectivity index (χ0v) is 23.6. The molecule has 0 spiro atoms. The molecule has 234 valence electrons. The van der Waals surface area contributed by atoms with Gasteiger partial charge in [-0.15, -0.1) is 0 Å². The average Bonchev–Trinajstić information content (AvgIpc) is 2.85. The van der Waals surface area contributed by atoms with Gasteiger partial charge in [-0.3, -0.25) is 9.35 Å². The normalized spacial score (nSPS) is 41.3. The van der Waals surface area contributed by atoms with E-state index in [1.807, 2.05) is 0 Å². The van der Waals surface area contributed by atoms with Gasteiger partial charge in [-0.05, 0) is 93.8 Å². The summed E-state index contributed by atoms with van der Waals surface area (Å²) < 4.78 is 77.4. The Kier molecular flexibility index (Phi) is 6.93.